The van der Waals surface area contributed by atoms with E-state index in [2.05, 4.69) is 32.6 Å². The molecule has 5 nitrogen and oxygen atoms in total. The zero-order valence-electron chi connectivity index (χ0n) is 16.4. The monoisotopic (exact) mass is 382 g/mol. The summed E-state index contributed by atoms with van der Waals surface area (Å²) in [6.45, 7) is 14.0. The van der Waals surface area contributed by atoms with E-state index in [0.29, 0.717) is 42.1 Å². The molecule has 0 unspecified atom stereocenters. The molecule has 1 aliphatic rings. The lowest BCUT2D eigenvalue weighted by Gasteiger charge is -2.28. The van der Waals surface area contributed by atoms with Crippen LogP contribution in [0.5, 0.6) is 11.5 Å². The van der Waals surface area contributed by atoms with Gasteiger partial charge >= 0.3 is 0 Å². The first-order valence-corrected chi connectivity index (χ1v) is 9.90. The fraction of sp³-hybridized carbons (Fsp3) is 0.650. The minimum absolute atomic E-state index is 0.124. The molecule has 1 aromatic carbocycles. The summed E-state index contributed by atoms with van der Waals surface area (Å²) < 4.78 is 11.2. The largest absolute Gasteiger partial charge is 0.486 e. The number of carbonyl (C=O) groups is 1. The smallest absolute Gasteiger partial charge is 0.227 e. The normalized spacial score (nSPS) is 13.3. The predicted molar refractivity (Wildman–Crippen MR) is 105 cm³/mol. The number of carbonyl (C=O) groups excluding carboxylic acids is 1. The van der Waals surface area contributed by atoms with Gasteiger partial charge < -0.3 is 19.3 Å². The van der Waals surface area contributed by atoms with Crippen molar-refractivity contribution < 1.29 is 14.3 Å². The van der Waals surface area contributed by atoms with Crippen molar-refractivity contribution in [3.8, 4) is 11.5 Å². The molecule has 0 radical (unpaired) electrons. The highest BCUT2D eigenvalue weighted by molar-refractivity contribution is 6.32. The number of ether oxygens (including phenoxy) is 2. The second-order valence-electron chi connectivity index (χ2n) is 7.04. The van der Waals surface area contributed by atoms with Gasteiger partial charge in [-0.2, -0.15) is 0 Å². The van der Waals surface area contributed by atoms with Crippen LogP contribution in [-0.2, 0) is 11.2 Å². The average molecular weight is 383 g/mol. The highest BCUT2D eigenvalue weighted by atomic mass is 35.5. The molecule has 0 aliphatic carbocycles. The molecule has 0 N–H and O–H groups in total. The summed E-state index contributed by atoms with van der Waals surface area (Å²) in [4.78, 5) is 17.2. The first-order chi connectivity index (χ1) is 12.4. The number of nitrogens with zero attached hydrogens (tertiary/aromatic N) is 2. The van der Waals surface area contributed by atoms with Crippen molar-refractivity contribution in [1.82, 2.24) is 9.80 Å². The van der Waals surface area contributed by atoms with Crippen LogP contribution in [0.2, 0.25) is 5.02 Å². The van der Waals surface area contributed by atoms with Crippen LogP contribution in [0.1, 0.15) is 33.3 Å². The third kappa shape index (κ3) is 5.78. The van der Waals surface area contributed by atoms with Gasteiger partial charge in [-0.05, 0) is 36.7 Å². The molecule has 1 aliphatic heterocycles. The summed E-state index contributed by atoms with van der Waals surface area (Å²) in [5, 5.41) is 0.503. The van der Waals surface area contributed by atoms with Crippen molar-refractivity contribution in [2.45, 2.75) is 34.1 Å². The molecule has 146 valence electrons. The van der Waals surface area contributed by atoms with Gasteiger partial charge in [-0.1, -0.05) is 39.3 Å². The van der Waals surface area contributed by atoms with E-state index in [1.165, 1.54) is 0 Å². The van der Waals surface area contributed by atoms with Crippen molar-refractivity contribution in [2.75, 3.05) is 45.9 Å². The van der Waals surface area contributed by atoms with Crippen LogP contribution in [0.25, 0.3) is 0 Å². The zero-order chi connectivity index (χ0) is 19.1. The molecule has 6 heteroatoms. The lowest BCUT2D eigenvalue weighted by Crippen LogP contribution is -2.41. The lowest BCUT2D eigenvalue weighted by molar-refractivity contribution is -0.131. The number of likely N-dealkylation sites (N-methyl/N-ethyl adjacent to an activating group) is 1. The first kappa shape index (κ1) is 20.8. The Morgan fingerprint density at radius 1 is 1.15 bits per heavy atom. The second kappa shape index (κ2) is 10.0. The molecule has 1 heterocycles. The van der Waals surface area contributed by atoms with Crippen molar-refractivity contribution in [3.05, 3.63) is 22.7 Å². The van der Waals surface area contributed by atoms with Crippen LogP contribution >= 0.6 is 11.6 Å². The number of halogens is 1. The van der Waals surface area contributed by atoms with E-state index in [0.717, 1.165) is 38.3 Å². The zero-order valence-corrected chi connectivity index (χ0v) is 17.1. The third-order valence-corrected chi connectivity index (χ3v) is 4.81. The van der Waals surface area contributed by atoms with Crippen LogP contribution in [0.4, 0.5) is 0 Å². The molecule has 0 spiro atoms. The van der Waals surface area contributed by atoms with Gasteiger partial charge in [-0.15, -0.1) is 0 Å². The minimum atomic E-state index is 0.124. The highest BCUT2D eigenvalue weighted by Crippen LogP contribution is 2.38. The van der Waals surface area contributed by atoms with Crippen molar-refractivity contribution >= 4 is 17.5 Å². The Morgan fingerprint density at radius 3 is 2.50 bits per heavy atom. The number of amides is 1. The molecule has 26 heavy (non-hydrogen) atoms. The minimum Gasteiger partial charge on any atom is -0.486 e. The molecular weight excluding hydrogens is 352 g/mol. The van der Waals surface area contributed by atoms with Crippen LogP contribution in [-0.4, -0.2) is 61.6 Å². The molecule has 0 aromatic heterocycles. The Balaban J connectivity index is 2.07. The van der Waals surface area contributed by atoms with Gasteiger partial charge in [-0.3, -0.25) is 4.79 Å². The van der Waals surface area contributed by atoms with Gasteiger partial charge in [0, 0.05) is 19.6 Å². The fourth-order valence-corrected chi connectivity index (χ4v) is 3.40. The summed E-state index contributed by atoms with van der Waals surface area (Å²) in [7, 11) is 0. The van der Waals surface area contributed by atoms with Crippen molar-refractivity contribution in [2.24, 2.45) is 5.92 Å². The van der Waals surface area contributed by atoms with E-state index in [1.54, 1.807) is 0 Å². The second-order valence-corrected chi connectivity index (χ2v) is 7.45. The van der Waals surface area contributed by atoms with E-state index in [-0.39, 0.29) is 5.91 Å². The molecule has 0 saturated carbocycles. The number of hydrogen-bond donors (Lipinski definition) is 0. The summed E-state index contributed by atoms with van der Waals surface area (Å²) in [5.41, 5.74) is 0.862. The van der Waals surface area contributed by atoms with Crippen molar-refractivity contribution in [3.63, 3.8) is 0 Å². The molecular formula is C20H31ClN2O3. The molecule has 0 bridgehead atoms. The summed E-state index contributed by atoms with van der Waals surface area (Å²) in [6.07, 6.45) is 0.321. The van der Waals surface area contributed by atoms with Crippen LogP contribution < -0.4 is 9.47 Å². The van der Waals surface area contributed by atoms with Crippen LogP contribution in [0.3, 0.4) is 0 Å². The maximum Gasteiger partial charge on any atom is 0.227 e. The summed E-state index contributed by atoms with van der Waals surface area (Å²) in [6, 6.07) is 3.68. The van der Waals surface area contributed by atoms with E-state index in [9.17, 15) is 4.79 Å². The molecule has 1 amide bonds. The first-order valence-electron chi connectivity index (χ1n) is 9.52. The Bertz CT molecular complexity index is 603. The maximum absolute atomic E-state index is 12.9. The molecule has 0 atom stereocenters. The quantitative estimate of drug-likeness (QED) is 0.655. The SMILES string of the molecule is CCN(CC)CCN(CC(C)C)C(=O)Cc1cc(Cl)c2c(c1)OCCO2. The van der Waals surface area contributed by atoms with E-state index >= 15 is 0 Å². The number of benzene rings is 1. The summed E-state index contributed by atoms with van der Waals surface area (Å²) >= 11 is 6.30. The van der Waals surface area contributed by atoms with Gasteiger partial charge in [0.25, 0.3) is 0 Å². The van der Waals surface area contributed by atoms with Gasteiger partial charge in [-0.25, -0.2) is 0 Å². The molecule has 1 aromatic rings. The van der Waals surface area contributed by atoms with Crippen molar-refractivity contribution in [1.29, 1.82) is 0 Å². The summed E-state index contributed by atoms with van der Waals surface area (Å²) in [5.74, 6) is 1.76. The van der Waals surface area contributed by atoms with Crippen LogP contribution in [0, 0.1) is 5.92 Å². The number of hydrogen-bond acceptors (Lipinski definition) is 4. The Labute approximate surface area is 162 Å². The highest BCUT2D eigenvalue weighted by Gasteiger charge is 2.20. The number of rotatable bonds is 9. The maximum atomic E-state index is 12.9. The van der Waals surface area contributed by atoms with E-state index in [4.69, 9.17) is 21.1 Å². The van der Waals surface area contributed by atoms with Crippen LogP contribution in [0.15, 0.2) is 12.1 Å². The molecule has 0 saturated heterocycles. The Hall–Kier alpha value is -1.46. The fourth-order valence-electron chi connectivity index (χ4n) is 3.11. The standard InChI is InChI=1S/C20H31ClN2O3/c1-5-22(6-2)7-8-23(14-15(3)4)19(24)13-16-11-17(21)20-18(12-16)25-9-10-26-20/h11-12,15H,5-10,13-14H2,1-4H3. The Kier molecular flexibility index (Phi) is 8.04. The van der Waals surface area contributed by atoms with E-state index in [1.807, 2.05) is 17.0 Å². The lowest BCUT2D eigenvalue weighted by atomic mass is 10.1. The topological polar surface area (TPSA) is 42.0 Å². The van der Waals surface area contributed by atoms with Gasteiger partial charge in [0.2, 0.25) is 5.91 Å². The van der Waals surface area contributed by atoms with E-state index < -0.39 is 0 Å². The molecule has 0 fully saturated rings. The average Bonchev–Trinajstić information content (AvgIpc) is 2.61. The Morgan fingerprint density at radius 2 is 1.85 bits per heavy atom. The molecule has 2 rings (SSSR count). The van der Waals surface area contributed by atoms with Gasteiger partial charge in [0.05, 0.1) is 11.4 Å². The van der Waals surface area contributed by atoms with Gasteiger partial charge in [0.15, 0.2) is 11.5 Å². The number of fused-ring (bicyclic) bond motifs is 1. The third-order valence-electron chi connectivity index (χ3n) is 4.53. The van der Waals surface area contributed by atoms with Gasteiger partial charge in [0.1, 0.15) is 13.2 Å². The predicted octanol–water partition coefficient (Wildman–Crippen LogP) is 3.48.